The number of hydrogen-bond donors (Lipinski definition) is 2. The summed E-state index contributed by atoms with van der Waals surface area (Å²) in [6.45, 7) is 3.01. The van der Waals surface area contributed by atoms with Crippen molar-refractivity contribution in [1.29, 1.82) is 0 Å². The van der Waals surface area contributed by atoms with Gasteiger partial charge in [0.1, 0.15) is 0 Å². The van der Waals surface area contributed by atoms with E-state index in [1.165, 1.54) is 18.2 Å². The highest BCUT2D eigenvalue weighted by molar-refractivity contribution is 7.91. The molecule has 1 aliphatic heterocycles. The van der Waals surface area contributed by atoms with E-state index in [1.807, 2.05) is 0 Å². The lowest BCUT2D eigenvalue weighted by molar-refractivity contribution is 0.559. The highest BCUT2D eigenvalue weighted by Crippen LogP contribution is 2.20. The number of sulfone groups is 1. The Labute approximate surface area is 119 Å². The molecule has 0 spiro atoms. The average Bonchev–Trinajstić information content (AvgIpc) is 2.79. The monoisotopic (exact) mass is 318 g/mol. The summed E-state index contributed by atoms with van der Waals surface area (Å²) in [6, 6.07) is 4.00. The average molecular weight is 318 g/mol. The Morgan fingerprint density at radius 3 is 2.50 bits per heavy atom. The highest BCUT2D eigenvalue weighted by atomic mass is 32.2. The number of nitrogens with one attached hydrogen (secondary N) is 2. The molecule has 1 atom stereocenters. The van der Waals surface area contributed by atoms with Gasteiger partial charge < -0.3 is 5.32 Å². The van der Waals surface area contributed by atoms with Crippen molar-refractivity contribution in [3.05, 3.63) is 23.8 Å². The Morgan fingerprint density at radius 1 is 1.25 bits per heavy atom. The van der Waals surface area contributed by atoms with Gasteiger partial charge in [-0.05, 0) is 37.6 Å². The Bertz CT molecular complexity index is 705. The molecule has 6 nitrogen and oxygen atoms in total. The fraction of sp³-hybridized carbons (Fsp3) is 0.500. The molecule has 20 heavy (non-hydrogen) atoms. The molecule has 0 radical (unpaired) electrons. The van der Waals surface area contributed by atoms with E-state index < -0.39 is 19.9 Å². The summed E-state index contributed by atoms with van der Waals surface area (Å²) < 4.78 is 50.4. The van der Waals surface area contributed by atoms with E-state index in [2.05, 4.69) is 10.0 Å². The zero-order valence-electron chi connectivity index (χ0n) is 11.4. The van der Waals surface area contributed by atoms with Gasteiger partial charge in [0.2, 0.25) is 10.0 Å². The summed E-state index contributed by atoms with van der Waals surface area (Å²) in [4.78, 5) is 0.0281. The van der Waals surface area contributed by atoms with Crippen LogP contribution in [0.4, 0.5) is 0 Å². The van der Waals surface area contributed by atoms with E-state index in [9.17, 15) is 16.8 Å². The van der Waals surface area contributed by atoms with Crippen LogP contribution in [0.5, 0.6) is 0 Å². The van der Waals surface area contributed by atoms with Crippen LogP contribution in [-0.4, -0.2) is 42.2 Å². The Balaban J connectivity index is 2.40. The van der Waals surface area contributed by atoms with E-state index in [0.717, 1.165) is 19.2 Å². The van der Waals surface area contributed by atoms with Crippen LogP contribution in [-0.2, 0) is 19.9 Å². The van der Waals surface area contributed by atoms with Crippen molar-refractivity contribution in [2.75, 3.05) is 19.3 Å². The van der Waals surface area contributed by atoms with Crippen molar-refractivity contribution >= 4 is 19.9 Å². The number of aryl methyl sites for hydroxylation is 1. The largest absolute Gasteiger partial charge is 0.315 e. The molecular weight excluding hydrogens is 300 g/mol. The predicted octanol–water partition coefficient (Wildman–Crippen LogP) is 0.0387. The second-order valence-corrected chi connectivity index (χ2v) is 8.71. The third kappa shape index (κ3) is 3.38. The molecule has 1 saturated heterocycles. The third-order valence-electron chi connectivity index (χ3n) is 3.26. The molecule has 1 fully saturated rings. The van der Waals surface area contributed by atoms with Crippen LogP contribution < -0.4 is 10.0 Å². The van der Waals surface area contributed by atoms with Gasteiger partial charge in [-0.3, -0.25) is 0 Å². The molecule has 1 aromatic carbocycles. The minimum absolute atomic E-state index is 0.00743. The van der Waals surface area contributed by atoms with Gasteiger partial charge in [-0.15, -0.1) is 0 Å². The molecule has 112 valence electrons. The summed E-state index contributed by atoms with van der Waals surface area (Å²) in [6.07, 6.45) is 1.78. The predicted molar refractivity (Wildman–Crippen MR) is 75.9 cm³/mol. The number of sulfonamides is 1. The topological polar surface area (TPSA) is 92.3 Å². The SMILES string of the molecule is Cc1ccc(S(C)(=O)=O)cc1S(=O)(=O)NC1CCNC1. The van der Waals surface area contributed by atoms with Crippen molar-refractivity contribution < 1.29 is 16.8 Å². The lowest BCUT2D eigenvalue weighted by Crippen LogP contribution is -2.36. The lowest BCUT2D eigenvalue weighted by Gasteiger charge is -2.14. The Morgan fingerprint density at radius 2 is 1.95 bits per heavy atom. The molecule has 2 rings (SSSR count). The van der Waals surface area contributed by atoms with Crippen LogP contribution in [0.15, 0.2) is 28.0 Å². The normalized spacial score (nSPS) is 20.2. The third-order valence-corrected chi connectivity index (χ3v) is 6.03. The van der Waals surface area contributed by atoms with E-state index in [4.69, 9.17) is 0 Å². The maximum atomic E-state index is 12.4. The summed E-state index contributed by atoms with van der Waals surface area (Å²) in [5.41, 5.74) is 0.524. The van der Waals surface area contributed by atoms with Crippen LogP contribution in [0.25, 0.3) is 0 Å². The van der Waals surface area contributed by atoms with Crippen LogP contribution >= 0.6 is 0 Å². The smallest absolute Gasteiger partial charge is 0.241 e. The molecule has 1 aromatic rings. The highest BCUT2D eigenvalue weighted by Gasteiger charge is 2.25. The van der Waals surface area contributed by atoms with E-state index in [1.54, 1.807) is 6.92 Å². The van der Waals surface area contributed by atoms with Gasteiger partial charge in [0.25, 0.3) is 0 Å². The van der Waals surface area contributed by atoms with Crippen molar-refractivity contribution in [2.24, 2.45) is 0 Å². The van der Waals surface area contributed by atoms with Crippen LogP contribution in [0, 0.1) is 6.92 Å². The molecule has 1 heterocycles. The first-order valence-electron chi connectivity index (χ1n) is 6.24. The molecule has 0 aromatic heterocycles. The minimum Gasteiger partial charge on any atom is -0.315 e. The minimum atomic E-state index is -3.71. The van der Waals surface area contributed by atoms with Gasteiger partial charge in [0.05, 0.1) is 9.79 Å². The van der Waals surface area contributed by atoms with Crippen LogP contribution in [0.1, 0.15) is 12.0 Å². The number of rotatable bonds is 4. The second-order valence-electron chi connectivity index (χ2n) is 5.01. The Kier molecular flexibility index (Phi) is 4.19. The molecule has 0 bridgehead atoms. The maximum absolute atomic E-state index is 12.4. The van der Waals surface area contributed by atoms with E-state index in [-0.39, 0.29) is 15.8 Å². The van der Waals surface area contributed by atoms with Gasteiger partial charge in [0, 0.05) is 18.8 Å². The first-order valence-corrected chi connectivity index (χ1v) is 9.61. The lowest BCUT2D eigenvalue weighted by atomic mass is 10.2. The molecule has 0 amide bonds. The van der Waals surface area contributed by atoms with Crippen molar-refractivity contribution in [3.63, 3.8) is 0 Å². The fourth-order valence-corrected chi connectivity index (χ4v) is 4.40. The molecule has 1 aliphatic rings. The number of benzene rings is 1. The fourth-order valence-electron chi connectivity index (χ4n) is 2.14. The summed E-state index contributed by atoms with van der Waals surface area (Å²) in [5.74, 6) is 0. The van der Waals surface area contributed by atoms with Crippen LogP contribution in [0.2, 0.25) is 0 Å². The zero-order chi connectivity index (χ0) is 15.0. The standard InChI is InChI=1S/C12H18N2O4S2/c1-9-3-4-11(19(2,15)16)7-12(9)20(17,18)14-10-5-6-13-8-10/h3-4,7,10,13-14H,5-6,8H2,1-2H3. The molecular formula is C12H18N2O4S2. The first-order chi connectivity index (χ1) is 9.20. The van der Waals surface area contributed by atoms with Crippen molar-refractivity contribution in [1.82, 2.24) is 10.0 Å². The number of hydrogen-bond acceptors (Lipinski definition) is 5. The second kappa shape index (κ2) is 5.44. The zero-order valence-corrected chi connectivity index (χ0v) is 13.0. The van der Waals surface area contributed by atoms with Gasteiger partial charge in [-0.25, -0.2) is 21.6 Å². The quantitative estimate of drug-likeness (QED) is 0.818. The van der Waals surface area contributed by atoms with Crippen LogP contribution in [0.3, 0.4) is 0 Å². The van der Waals surface area contributed by atoms with Gasteiger partial charge >= 0.3 is 0 Å². The maximum Gasteiger partial charge on any atom is 0.241 e. The van der Waals surface area contributed by atoms with Gasteiger partial charge in [0.15, 0.2) is 9.84 Å². The Hall–Kier alpha value is -0.960. The van der Waals surface area contributed by atoms with E-state index >= 15 is 0 Å². The molecule has 2 N–H and O–H groups in total. The molecule has 0 aliphatic carbocycles. The molecule has 0 saturated carbocycles. The van der Waals surface area contributed by atoms with Crippen molar-refractivity contribution in [3.8, 4) is 0 Å². The molecule has 1 unspecified atom stereocenters. The van der Waals surface area contributed by atoms with Crippen molar-refractivity contribution in [2.45, 2.75) is 29.2 Å². The summed E-state index contributed by atoms with van der Waals surface area (Å²) in [5, 5.41) is 3.07. The molecule has 8 heteroatoms. The van der Waals surface area contributed by atoms with E-state index in [0.29, 0.717) is 12.1 Å². The first kappa shape index (κ1) is 15.4. The summed E-state index contributed by atoms with van der Waals surface area (Å²) >= 11 is 0. The van der Waals surface area contributed by atoms with Gasteiger partial charge in [-0.2, -0.15) is 0 Å². The van der Waals surface area contributed by atoms with Gasteiger partial charge in [-0.1, -0.05) is 6.07 Å². The summed E-state index contributed by atoms with van der Waals surface area (Å²) in [7, 11) is -7.15.